The molecule has 0 bridgehead atoms. The fourth-order valence-corrected chi connectivity index (χ4v) is 1.35. The maximum atomic E-state index is 11.4. The maximum absolute atomic E-state index is 11.4. The van der Waals surface area contributed by atoms with Crippen molar-refractivity contribution in [2.45, 2.75) is 40.2 Å². The summed E-state index contributed by atoms with van der Waals surface area (Å²) in [7, 11) is 1.38. The Labute approximate surface area is 103 Å². The van der Waals surface area contributed by atoms with E-state index in [0.29, 0.717) is 19.5 Å². The van der Waals surface area contributed by atoms with Gasteiger partial charge >= 0.3 is 5.97 Å². The van der Waals surface area contributed by atoms with Gasteiger partial charge in [-0.2, -0.15) is 0 Å². The minimum atomic E-state index is -0.566. The minimum Gasteiger partial charge on any atom is -0.469 e. The first-order valence-corrected chi connectivity index (χ1v) is 5.88. The van der Waals surface area contributed by atoms with Crippen LogP contribution >= 0.6 is 0 Å². The van der Waals surface area contributed by atoms with Crippen molar-refractivity contribution < 1.29 is 14.3 Å². The first-order chi connectivity index (χ1) is 7.79. The van der Waals surface area contributed by atoms with Crippen LogP contribution in [-0.2, 0) is 14.3 Å². The molecule has 0 unspecified atom stereocenters. The molecule has 0 aliphatic heterocycles. The number of rotatable bonds is 7. The van der Waals surface area contributed by atoms with E-state index >= 15 is 0 Å². The fraction of sp³-hybridized carbons (Fsp3) is 0.833. The fourth-order valence-electron chi connectivity index (χ4n) is 1.35. The van der Waals surface area contributed by atoms with E-state index in [2.05, 4.69) is 15.4 Å². The number of carbonyl (C=O) groups is 2. The second kappa shape index (κ2) is 7.27. The lowest BCUT2D eigenvalue weighted by Crippen LogP contribution is -2.39. The molecule has 0 aromatic rings. The smallest absolute Gasteiger partial charge is 0.312 e. The summed E-state index contributed by atoms with van der Waals surface area (Å²) in [5, 5.41) is 5.89. The Kier molecular flexibility index (Phi) is 6.80. The minimum absolute atomic E-state index is 0.0170. The first-order valence-electron chi connectivity index (χ1n) is 5.88. The molecule has 0 radical (unpaired) electrons. The zero-order chi connectivity index (χ0) is 13.5. The van der Waals surface area contributed by atoms with E-state index in [0.717, 1.165) is 0 Å². The van der Waals surface area contributed by atoms with Gasteiger partial charge < -0.3 is 15.4 Å². The van der Waals surface area contributed by atoms with Gasteiger partial charge in [0.1, 0.15) is 0 Å². The third kappa shape index (κ3) is 6.94. The van der Waals surface area contributed by atoms with E-state index in [1.807, 2.05) is 13.8 Å². The summed E-state index contributed by atoms with van der Waals surface area (Å²) in [6, 6.07) is 0.161. The van der Waals surface area contributed by atoms with Crippen LogP contribution in [0.15, 0.2) is 0 Å². The average Bonchev–Trinajstić information content (AvgIpc) is 2.22. The summed E-state index contributed by atoms with van der Waals surface area (Å²) >= 11 is 0. The van der Waals surface area contributed by atoms with Crippen LogP contribution in [0.2, 0.25) is 0 Å². The lowest BCUT2D eigenvalue weighted by molar-refractivity contribution is -0.150. The van der Waals surface area contributed by atoms with E-state index in [1.165, 1.54) is 7.11 Å². The summed E-state index contributed by atoms with van der Waals surface area (Å²) in [4.78, 5) is 22.7. The molecule has 1 amide bonds. The van der Waals surface area contributed by atoms with Crippen LogP contribution < -0.4 is 10.6 Å². The van der Waals surface area contributed by atoms with Crippen LogP contribution in [-0.4, -0.2) is 38.1 Å². The molecule has 2 N–H and O–H groups in total. The lowest BCUT2D eigenvalue weighted by atomic mass is 9.94. The second-order valence-electron chi connectivity index (χ2n) is 5.02. The van der Waals surface area contributed by atoms with Crippen molar-refractivity contribution in [2.75, 3.05) is 20.2 Å². The van der Waals surface area contributed by atoms with Crippen LogP contribution in [0, 0.1) is 5.41 Å². The molecular formula is C12H24N2O3. The number of esters is 1. The van der Waals surface area contributed by atoms with Gasteiger partial charge in [0.2, 0.25) is 5.91 Å². The maximum Gasteiger partial charge on any atom is 0.312 e. The third-order valence-electron chi connectivity index (χ3n) is 2.28. The van der Waals surface area contributed by atoms with Crippen molar-refractivity contribution >= 4 is 11.9 Å². The molecule has 0 saturated heterocycles. The molecule has 0 saturated carbocycles. The van der Waals surface area contributed by atoms with Gasteiger partial charge in [-0.3, -0.25) is 9.59 Å². The van der Waals surface area contributed by atoms with Gasteiger partial charge in [-0.05, 0) is 27.7 Å². The van der Waals surface area contributed by atoms with Crippen molar-refractivity contribution in [1.82, 2.24) is 10.6 Å². The van der Waals surface area contributed by atoms with E-state index < -0.39 is 5.41 Å². The second-order valence-corrected chi connectivity index (χ2v) is 5.02. The molecule has 0 aliphatic rings. The predicted octanol–water partition coefficient (Wildman–Crippen LogP) is 0.690. The number of carbonyl (C=O) groups excluding carboxylic acids is 2. The van der Waals surface area contributed by atoms with Crippen LogP contribution in [0.1, 0.15) is 34.1 Å². The van der Waals surface area contributed by atoms with Crippen molar-refractivity contribution in [3.8, 4) is 0 Å². The van der Waals surface area contributed by atoms with E-state index in [1.54, 1.807) is 13.8 Å². The van der Waals surface area contributed by atoms with Crippen molar-refractivity contribution in [3.63, 3.8) is 0 Å². The molecule has 0 heterocycles. The lowest BCUT2D eigenvalue weighted by Gasteiger charge is -2.21. The normalized spacial score (nSPS) is 11.4. The van der Waals surface area contributed by atoms with Crippen LogP contribution in [0.25, 0.3) is 0 Å². The highest BCUT2D eigenvalue weighted by Crippen LogP contribution is 2.14. The zero-order valence-electron chi connectivity index (χ0n) is 11.4. The van der Waals surface area contributed by atoms with Crippen molar-refractivity contribution in [1.29, 1.82) is 0 Å². The number of nitrogens with one attached hydrogen (secondary N) is 2. The van der Waals surface area contributed by atoms with Crippen molar-refractivity contribution in [3.05, 3.63) is 0 Å². The summed E-state index contributed by atoms with van der Waals surface area (Å²) in [5.41, 5.74) is -0.566. The summed E-state index contributed by atoms with van der Waals surface area (Å²) in [6.07, 6.45) is 0.412. The summed E-state index contributed by atoms with van der Waals surface area (Å²) in [6.45, 7) is 8.51. The van der Waals surface area contributed by atoms with Gasteiger partial charge in [0.25, 0.3) is 0 Å². The van der Waals surface area contributed by atoms with Crippen LogP contribution in [0.4, 0.5) is 0 Å². The zero-order valence-corrected chi connectivity index (χ0v) is 11.4. The van der Waals surface area contributed by atoms with Crippen LogP contribution in [0.3, 0.4) is 0 Å². The molecule has 0 aromatic carbocycles. The summed E-state index contributed by atoms with van der Waals surface area (Å²) in [5.74, 6) is -0.236. The monoisotopic (exact) mass is 244 g/mol. The molecule has 0 aromatic heterocycles. The number of amides is 1. The number of ether oxygens (including phenoxy) is 1. The molecule has 0 aliphatic carbocycles. The molecule has 0 spiro atoms. The highest BCUT2D eigenvalue weighted by atomic mass is 16.5. The molecule has 5 nitrogen and oxygen atoms in total. The third-order valence-corrected chi connectivity index (χ3v) is 2.28. The van der Waals surface area contributed by atoms with E-state index in [9.17, 15) is 9.59 Å². The largest absolute Gasteiger partial charge is 0.469 e. The summed E-state index contributed by atoms with van der Waals surface area (Å²) < 4.78 is 4.69. The quantitative estimate of drug-likeness (QED) is 0.511. The highest BCUT2D eigenvalue weighted by Gasteiger charge is 2.27. The number of hydrogen-bond donors (Lipinski definition) is 2. The van der Waals surface area contributed by atoms with Gasteiger partial charge in [0.15, 0.2) is 0 Å². The van der Waals surface area contributed by atoms with Gasteiger partial charge in [0.05, 0.1) is 12.5 Å². The van der Waals surface area contributed by atoms with Gasteiger partial charge in [-0.1, -0.05) is 0 Å². The van der Waals surface area contributed by atoms with Crippen LogP contribution in [0.5, 0.6) is 0 Å². The SMILES string of the molecule is COC(=O)C(C)(C)CNCCC(=O)NC(C)C. The molecule has 100 valence electrons. The Hall–Kier alpha value is -1.10. The predicted molar refractivity (Wildman–Crippen MR) is 66.6 cm³/mol. The Morgan fingerprint density at radius 3 is 2.35 bits per heavy atom. The van der Waals surface area contributed by atoms with Gasteiger partial charge in [-0.15, -0.1) is 0 Å². The average molecular weight is 244 g/mol. The van der Waals surface area contributed by atoms with Gasteiger partial charge in [-0.25, -0.2) is 0 Å². The Balaban J connectivity index is 3.78. The molecule has 0 fully saturated rings. The van der Waals surface area contributed by atoms with E-state index in [4.69, 9.17) is 0 Å². The Morgan fingerprint density at radius 2 is 1.88 bits per heavy atom. The molecule has 0 atom stereocenters. The van der Waals surface area contributed by atoms with Gasteiger partial charge in [0, 0.05) is 25.6 Å². The standard InChI is InChI=1S/C12H24N2O3/c1-9(2)14-10(15)6-7-13-8-12(3,4)11(16)17-5/h9,13H,6-8H2,1-5H3,(H,14,15). The number of methoxy groups -OCH3 is 1. The van der Waals surface area contributed by atoms with Crippen molar-refractivity contribution in [2.24, 2.45) is 5.41 Å². The highest BCUT2D eigenvalue weighted by molar-refractivity contribution is 5.76. The molecule has 0 rings (SSSR count). The topological polar surface area (TPSA) is 67.4 Å². The molecule has 17 heavy (non-hydrogen) atoms. The molecule has 5 heteroatoms. The van der Waals surface area contributed by atoms with E-state index in [-0.39, 0.29) is 17.9 Å². The molecular weight excluding hydrogens is 220 g/mol. The first kappa shape index (κ1) is 15.9. The Bertz CT molecular complexity index is 262. The number of hydrogen-bond acceptors (Lipinski definition) is 4. The Morgan fingerprint density at radius 1 is 1.29 bits per heavy atom.